The molecule has 114 valence electrons. The van der Waals surface area contributed by atoms with Crippen molar-refractivity contribution in [2.75, 3.05) is 0 Å². The van der Waals surface area contributed by atoms with E-state index in [1.807, 2.05) is 0 Å². The first-order valence-corrected chi connectivity index (χ1v) is 7.01. The second kappa shape index (κ2) is 5.96. The zero-order valence-corrected chi connectivity index (χ0v) is 12.3. The van der Waals surface area contributed by atoms with Crippen LogP contribution in [0, 0.1) is 12.7 Å². The van der Waals surface area contributed by atoms with Crippen molar-refractivity contribution >= 4 is 22.8 Å². The van der Waals surface area contributed by atoms with Crippen molar-refractivity contribution in [3.05, 3.63) is 81.7 Å². The van der Waals surface area contributed by atoms with Crippen molar-refractivity contribution in [1.82, 2.24) is 9.97 Å². The number of nitrogens with one attached hydrogen (secondary N) is 1. The summed E-state index contributed by atoms with van der Waals surface area (Å²) in [5, 5.41) is 0.372. The zero-order chi connectivity index (χ0) is 16.4. The van der Waals surface area contributed by atoms with Crippen LogP contribution in [0.5, 0.6) is 0 Å². The second-order valence-electron chi connectivity index (χ2n) is 5.13. The minimum Gasteiger partial charge on any atom is -0.310 e. The fourth-order valence-corrected chi connectivity index (χ4v) is 2.25. The maximum Gasteiger partial charge on any atom is 0.258 e. The van der Waals surface area contributed by atoms with E-state index in [-0.39, 0.29) is 17.2 Å². The number of nitrogens with zero attached hydrogens (tertiary/aromatic N) is 1. The molecule has 3 rings (SSSR count). The number of hydrogen-bond acceptors (Lipinski definition) is 3. The number of carbonyl (C=O) groups is 1. The van der Waals surface area contributed by atoms with Gasteiger partial charge in [-0.25, -0.2) is 9.37 Å². The number of fused-ring (bicyclic) bond motifs is 1. The molecule has 0 atom stereocenters. The monoisotopic (exact) mass is 308 g/mol. The maximum absolute atomic E-state index is 12.8. The molecule has 3 aromatic rings. The van der Waals surface area contributed by atoms with Crippen LogP contribution >= 0.6 is 0 Å². The third kappa shape index (κ3) is 3.23. The quantitative estimate of drug-likeness (QED) is 0.596. The van der Waals surface area contributed by atoms with Gasteiger partial charge in [0.2, 0.25) is 0 Å². The van der Waals surface area contributed by atoms with Crippen molar-refractivity contribution in [2.24, 2.45) is 0 Å². The minimum absolute atomic E-state index is 0.240. The van der Waals surface area contributed by atoms with Crippen molar-refractivity contribution < 1.29 is 9.18 Å². The summed E-state index contributed by atoms with van der Waals surface area (Å²) in [6.07, 6.45) is 2.99. The van der Waals surface area contributed by atoms with Crippen molar-refractivity contribution in [3.63, 3.8) is 0 Å². The van der Waals surface area contributed by atoms with E-state index in [1.54, 1.807) is 37.3 Å². The molecule has 1 aromatic heterocycles. The van der Waals surface area contributed by atoms with E-state index in [9.17, 15) is 14.0 Å². The average molecular weight is 308 g/mol. The van der Waals surface area contributed by atoms with Gasteiger partial charge in [-0.15, -0.1) is 0 Å². The van der Waals surface area contributed by atoms with E-state index in [0.717, 1.165) is 5.56 Å². The van der Waals surface area contributed by atoms with Gasteiger partial charge in [0.15, 0.2) is 5.78 Å². The minimum atomic E-state index is -0.329. The molecule has 0 aliphatic heterocycles. The average Bonchev–Trinajstić information content (AvgIpc) is 2.53. The molecule has 0 fully saturated rings. The number of benzene rings is 2. The number of carbonyl (C=O) groups excluding carboxylic acids is 1. The summed E-state index contributed by atoms with van der Waals surface area (Å²) in [4.78, 5) is 31.0. The first-order valence-electron chi connectivity index (χ1n) is 7.01. The highest BCUT2D eigenvalue weighted by Crippen LogP contribution is 2.12. The molecular formula is C18H13FN2O2. The van der Waals surface area contributed by atoms with Crippen LogP contribution in [-0.4, -0.2) is 15.8 Å². The number of rotatable bonds is 3. The first-order chi connectivity index (χ1) is 11.0. The Labute approximate surface area is 131 Å². The molecule has 0 spiro atoms. The van der Waals surface area contributed by atoms with Crippen LogP contribution in [0.4, 0.5) is 4.39 Å². The molecule has 0 aliphatic rings. The number of H-pyrrole nitrogens is 1. The van der Waals surface area contributed by atoms with E-state index in [2.05, 4.69) is 9.97 Å². The molecule has 0 saturated heterocycles. The highest BCUT2D eigenvalue weighted by atomic mass is 19.1. The van der Waals surface area contributed by atoms with Gasteiger partial charge in [0, 0.05) is 5.56 Å². The Morgan fingerprint density at radius 3 is 2.65 bits per heavy atom. The lowest BCUT2D eigenvalue weighted by Crippen LogP contribution is -2.10. The zero-order valence-electron chi connectivity index (χ0n) is 12.3. The van der Waals surface area contributed by atoms with E-state index in [1.165, 1.54) is 24.3 Å². The lowest BCUT2D eigenvalue weighted by molar-refractivity contribution is 0.104. The fourth-order valence-electron chi connectivity index (χ4n) is 2.25. The Morgan fingerprint density at radius 1 is 1.17 bits per heavy atom. The predicted octanol–water partition coefficient (Wildman–Crippen LogP) is 3.27. The molecule has 4 nitrogen and oxygen atoms in total. The Morgan fingerprint density at radius 2 is 1.91 bits per heavy atom. The van der Waals surface area contributed by atoms with E-state index >= 15 is 0 Å². The number of allylic oxidation sites excluding steroid dienone is 1. The van der Waals surface area contributed by atoms with Crippen molar-refractivity contribution in [1.29, 1.82) is 0 Å². The summed E-state index contributed by atoms with van der Waals surface area (Å²) in [7, 11) is 0. The van der Waals surface area contributed by atoms with Gasteiger partial charge in [0.25, 0.3) is 5.56 Å². The third-order valence-electron chi connectivity index (χ3n) is 3.41. The molecule has 0 unspecified atom stereocenters. The van der Waals surface area contributed by atoms with Gasteiger partial charge in [-0.1, -0.05) is 18.2 Å². The molecule has 5 heteroatoms. The highest BCUT2D eigenvalue weighted by molar-refractivity contribution is 6.08. The molecule has 0 amide bonds. The van der Waals surface area contributed by atoms with Gasteiger partial charge >= 0.3 is 0 Å². The summed E-state index contributed by atoms with van der Waals surface area (Å²) in [6.45, 7) is 1.70. The molecule has 2 aromatic carbocycles. The summed E-state index contributed by atoms with van der Waals surface area (Å²) in [5.41, 5.74) is 1.39. The Kier molecular flexibility index (Phi) is 3.85. The summed E-state index contributed by atoms with van der Waals surface area (Å²) >= 11 is 0. The van der Waals surface area contributed by atoms with Crippen molar-refractivity contribution in [3.8, 4) is 0 Å². The van der Waals surface area contributed by atoms with Crippen LogP contribution in [-0.2, 0) is 0 Å². The largest absolute Gasteiger partial charge is 0.310 e. The third-order valence-corrected chi connectivity index (χ3v) is 3.41. The lowest BCUT2D eigenvalue weighted by Gasteiger charge is -2.01. The number of ketones is 1. The topological polar surface area (TPSA) is 62.8 Å². The van der Waals surface area contributed by atoms with Gasteiger partial charge in [-0.3, -0.25) is 9.59 Å². The SMILES string of the molecule is Cc1nc2ccc(C(=O)/C=C/c3ccc(F)cc3)cc2c(=O)[nH]1. The van der Waals surface area contributed by atoms with Gasteiger partial charge < -0.3 is 4.98 Å². The van der Waals surface area contributed by atoms with Gasteiger partial charge in [0.1, 0.15) is 11.6 Å². The van der Waals surface area contributed by atoms with Crippen LogP contribution in [0.15, 0.2) is 53.3 Å². The smallest absolute Gasteiger partial charge is 0.258 e. The summed E-state index contributed by atoms with van der Waals surface area (Å²) in [6, 6.07) is 10.6. The van der Waals surface area contributed by atoms with Crippen molar-refractivity contribution in [2.45, 2.75) is 6.92 Å². The molecule has 0 saturated carbocycles. The second-order valence-corrected chi connectivity index (χ2v) is 5.13. The van der Waals surface area contributed by atoms with E-state index < -0.39 is 0 Å². The van der Waals surface area contributed by atoms with E-state index in [0.29, 0.717) is 22.3 Å². The Balaban J connectivity index is 1.92. The van der Waals surface area contributed by atoms with Crippen LogP contribution in [0.3, 0.4) is 0 Å². The van der Waals surface area contributed by atoms with Crippen LogP contribution in [0.2, 0.25) is 0 Å². The van der Waals surface area contributed by atoms with Crippen LogP contribution < -0.4 is 5.56 Å². The van der Waals surface area contributed by atoms with Crippen LogP contribution in [0.25, 0.3) is 17.0 Å². The summed E-state index contributed by atoms with van der Waals surface area (Å²) < 4.78 is 12.8. The van der Waals surface area contributed by atoms with Gasteiger partial charge in [-0.05, 0) is 48.9 Å². The van der Waals surface area contributed by atoms with Gasteiger partial charge in [0.05, 0.1) is 10.9 Å². The maximum atomic E-state index is 12.8. The standard InChI is InChI=1S/C18H13FN2O2/c1-11-20-16-8-5-13(10-15(16)18(23)21-11)17(22)9-4-12-2-6-14(19)7-3-12/h2-10H,1H3,(H,20,21,23)/b9-4+. The number of hydrogen-bond donors (Lipinski definition) is 1. The lowest BCUT2D eigenvalue weighted by atomic mass is 10.1. The number of aryl methyl sites for hydroxylation is 1. The number of halogens is 1. The van der Waals surface area contributed by atoms with Crippen LogP contribution in [0.1, 0.15) is 21.7 Å². The number of aromatic amines is 1. The Hall–Kier alpha value is -3.08. The molecule has 23 heavy (non-hydrogen) atoms. The van der Waals surface area contributed by atoms with Gasteiger partial charge in [-0.2, -0.15) is 0 Å². The highest BCUT2D eigenvalue weighted by Gasteiger charge is 2.07. The molecule has 0 bridgehead atoms. The fraction of sp³-hybridized carbons (Fsp3) is 0.0556. The molecular weight excluding hydrogens is 295 g/mol. The molecule has 0 aliphatic carbocycles. The predicted molar refractivity (Wildman–Crippen MR) is 86.9 cm³/mol. The van der Waals surface area contributed by atoms with E-state index in [4.69, 9.17) is 0 Å². The first kappa shape index (κ1) is 14.8. The number of aromatic nitrogens is 2. The normalized spacial score (nSPS) is 11.2. The Bertz CT molecular complexity index is 972. The molecule has 1 heterocycles. The summed E-state index contributed by atoms with van der Waals surface area (Å²) in [5.74, 6) is -0.0426. The molecule has 1 N–H and O–H groups in total. The molecule has 0 radical (unpaired) electrons.